The van der Waals surface area contributed by atoms with E-state index in [0.29, 0.717) is 6.04 Å². The number of pyridine rings is 1. The van der Waals surface area contributed by atoms with E-state index >= 15 is 0 Å². The molecule has 0 bridgehead atoms. The number of hydrogen-bond acceptors (Lipinski definition) is 3. The lowest BCUT2D eigenvalue weighted by atomic mass is 9.92. The van der Waals surface area contributed by atoms with Gasteiger partial charge in [-0.3, -0.25) is 4.98 Å². The minimum absolute atomic E-state index is 0.147. The fraction of sp³-hybridized carbons (Fsp3) is 0.615. The summed E-state index contributed by atoms with van der Waals surface area (Å²) in [5.41, 5.74) is 1.30. The van der Waals surface area contributed by atoms with Crippen LogP contribution in [0.15, 0.2) is 24.5 Å². The van der Waals surface area contributed by atoms with Crippen LogP contribution in [-0.2, 0) is 6.42 Å². The number of rotatable bonds is 4. The molecule has 0 unspecified atom stereocenters. The summed E-state index contributed by atoms with van der Waals surface area (Å²) in [6, 6.07) is 4.38. The number of aliphatic hydroxyl groups is 1. The van der Waals surface area contributed by atoms with Crippen molar-refractivity contribution in [2.24, 2.45) is 0 Å². The molecule has 88 valence electrons. The molecule has 1 aliphatic carbocycles. The maximum atomic E-state index is 9.79. The molecule has 0 aromatic carbocycles. The van der Waals surface area contributed by atoms with Crippen molar-refractivity contribution < 1.29 is 5.11 Å². The Kier molecular flexibility index (Phi) is 4.31. The van der Waals surface area contributed by atoms with Crippen LogP contribution in [-0.4, -0.2) is 28.8 Å². The molecular formula is C13H20N2O. The number of hydrogen-bond donors (Lipinski definition) is 2. The minimum atomic E-state index is -0.147. The molecular weight excluding hydrogens is 200 g/mol. The van der Waals surface area contributed by atoms with Crippen LogP contribution in [0, 0.1) is 0 Å². The predicted octanol–water partition coefficient (Wildman–Crippen LogP) is 1.52. The summed E-state index contributed by atoms with van der Waals surface area (Å²) >= 11 is 0. The summed E-state index contributed by atoms with van der Waals surface area (Å²) in [6.07, 6.45) is 8.98. The van der Waals surface area contributed by atoms with E-state index in [4.69, 9.17) is 0 Å². The minimum Gasteiger partial charge on any atom is -0.392 e. The van der Waals surface area contributed by atoms with Crippen LogP contribution < -0.4 is 5.32 Å². The van der Waals surface area contributed by atoms with Gasteiger partial charge in [0.1, 0.15) is 0 Å². The second-order valence-corrected chi connectivity index (χ2v) is 4.52. The van der Waals surface area contributed by atoms with Crippen molar-refractivity contribution in [1.29, 1.82) is 0 Å². The van der Waals surface area contributed by atoms with Crippen LogP contribution in [0.1, 0.15) is 31.2 Å². The number of aromatic nitrogens is 1. The van der Waals surface area contributed by atoms with Crippen LogP contribution in [0.25, 0.3) is 0 Å². The fourth-order valence-electron chi connectivity index (χ4n) is 2.30. The van der Waals surface area contributed by atoms with Gasteiger partial charge in [0.2, 0.25) is 0 Å². The first-order valence-corrected chi connectivity index (χ1v) is 6.16. The van der Waals surface area contributed by atoms with Crippen LogP contribution >= 0.6 is 0 Å². The SMILES string of the molecule is O[C@H]1CCCC[C@@H]1NCCc1ccncc1. The third-order valence-electron chi connectivity index (χ3n) is 3.30. The molecule has 0 saturated heterocycles. The average molecular weight is 220 g/mol. The third-order valence-corrected chi connectivity index (χ3v) is 3.30. The molecule has 2 atom stereocenters. The van der Waals surface area contributed by atoms with Crippen molar-refractivity contribution in [1.82, 2.24) is 10.3 Å². The number of aliphatic hydroxyl groups excluding tert-OH is 1. The second kappa shape index (κ2) is 5.97. The maximum Gasteiger partial charge on any atom is 0.0693 e. The van der Waals surface area contributed by atoms with Crippen LogP contribution in [0.3, 0.4) is 0 Å². The molecule has 2 N–H and O–H groups in total. The summed E-state index contributed by atoms with van der Waals surface area (Å²) in [5.74, 6) is 0. The molecule has 0 spiro atoms. The molecule has 1 aromatic heterocycles. The molecule has 1 aromatic rings. The van der Waals surface area contributed by atoms with Crippen LogP contribution in [0.4, 0.5) is 0 Å². The Morgan fingerprint density at radius 1 is 1.25 bits per heavy atom. The smallest absolute Gasteiger partial charge is 0.0693 e. The Bertz CT molecular complexity index is 302. The largest absolute Gasteiger partial charge is 0.392 e. The first-order valence-electron chi connectivity index (χ1n) is 6.16. The first-order chi connectivity index (χ1) is 7.86. The molecule has 0 aliphatic heterocycles. The summed E-state index contributed by atoms with van der Waals surface area (Å²) < 4.78 is 0. The van der Waals surface area contributed by atoms with Crippen molar-refractivity contribution in [2.45, 2.75) is 44.2 Å². The van der Waals surface area contributed by atoms with E-state index in [2.05, 4.69) is 10.3 Å². The van der Waals surface area contributed by atoms with E-state index in [1.54, 1.807) is 0 Å². The Morgan fingerprint density at radius 2 is 2.00 bits per heavy atom. The standard InChI is InChI=1S/C13H20N2O/c16-13-4-2-1-3-12(13)15-10-7-11-5-8-14-9-6-11/h5-6,8-9,12-13,15-16H,1-4,7,10H2/t12-,13-/m0/s1. The zero-order valence-electron chi connectivity index (χ0n) is 9.60. The highest BCUT2D eigenvalue weighted by Gasteiger charge is 2.21. The lowest BCUT2D eigenvalue weighted by Gasteiger charge is -2.28. The van der Waals surface area contributed by atoms with E-state index in [9.17, 15) is 5.11 Å². The molecule has 1 aliphatic rings. The monoisotopic (exact) mass is 220 g/mol. The van der Waals surface area contributed by atoms with Gasteiger partial charge in [0.25, 0.3) is 0 Å². The lowest BCUT2D eigenvalue weighted by Crippen LogP contribution is -2.42. The highest BCUT2D eigenvalue weighted by Crippen LogP contribution is 2.18. The molecule has 16 heavy (non-hydrogen) atoms. The molecule has 1 fully saturated rings. The van der Waals surface area contributed by atoms with Crippen LogP contribution in [0.2, 0.25) is 0 Å². The molecule has 3 heteroatoms. The van der Waals surface area contributed by atoms with Gasteiger partial charge in [0.15, 0.2) is 0 Å². The normalized spacial score (nSPS) is 25.6. The lowest BCUT2D eigenvalue weighted by molar-refractivity contribution is 0.0914. The summed E-state index contributed by atoms with van der Waals surface area (Å²) in [6.45, 7) is 0.936. The van der Waals surface area contributed by atoms with Gasteiger partial charge in [-0.05, 0) is 43.5 Å². The second-order valence-electron chi connectivity index (χ2n) is 4.52. The van der Waals surface area contributed by atoms with Gasteiger partial charge in [0.05, 0.1) is 6.10 Å². The fourth-order valence-corrected chi connectivity index (χ4v) is 2.30. The van der Waals surface area contributed by atoms with Crippen LogP contribution in [0.5, 0.6) is 0 Å². The Labute approximate surface area is 96.9 Å². The van der Waals surface area contributed by atoms with Gasteiger partial charge in [-0.1, -0.05) is 12.8 Å². The summed E-state index contributed by atoms with van der Waals surface area (Å²) in [4.78, 5) is 3.99. The molecule has 0 radical (unpaired) electrons. The number of nitrogens with one attached hydrogen (secondary N) is 1. The van der Waals surface area contributed by atoms with Gasteiger partial charge in [-0.25, -0.2) is 0 Å². The zero-order valence-corrected chi connectivity index (χ0v) is 9.60. The summed E-state index contributed by atoms with van der Waals surface area (Å²) in [7, 11) is 0. The van der Waals surface area contributed by atoms with Crippen molar-refractivity contribution in [3.8, 4) is 0 Å². The van der Waals surface area contributed by atoms with Crippen molar-refractivity contribution in [3.63, 3.8) is 0 Å². The summed E-state index contributed by atoms with van der Waals surface area (Å²) in [5, 5.41) is 13.2. The topological polar surface area (TPSA) is 45.1 Å². The van der Waals surface area contributed by atoms with Gasteiger partial charge >= 0.3 is 0 Å². The van der Waals surface area contributed by atoms with E-state index < -0.39 is 0 Å². The highest BCUT2D eigenvalue weighted by molar-refractivity contribution is 5.09. The first kappa shape index (κ1) is 11.6. The predicted molar refractivity (Wildman–Crippen MR) is 64.2 cm³/mol. The van der Waals surface area contributed by atoms with Gasteiger partial charge in [-0.2, -0.15) is 0 Å². The maximum absolute atomic E-state index is 9.79. The molecule has 0 amide bonds. The molecule has 1 saturated carbocycles. The van der Waals surface area contributed by atoms with E-state index in [1.165, 1.54) is 18.4 Å². The Hall–Kier alpha value is -0.930. The zero-order chi connectivity index (χ0) is 11.2. The molecule has 1 heterocycles. The Balaban J connectivity index is 1.71. The van der Waals surface area contributed by atoms with Gasteiger partial charge in [0, 0.05) is 18.4 Å². The number of nitrogens with zero attached hydrogens (tertiary/aromatic N) is 1. The van der Waals surface area contributed by atoms with Crippen molar-refractivity contribution >= 4 is 0 Å². The van der Waals surface area contributed by atoms with Crippen molar-refractivity contribution in [2.75, 3.05) is 6.54 Å². The quantitative estimate of drug-likeness (QED) is 0.808. The van der Waals surface area contributed by atoms with E-state index in [1.807, 2.05) is 24.5 Å². The molecule has 2 rings (SSSR count). The molecule has 3 nitrogen and oxygen atoms in total. The van der Waals surface area contributed by atoms with E-state index in [-0.39, 0.29) is 6.10 Å². The highest BCUT2D eigenvalue weighted by atomic mass is 16.3. The Morgan fingerprint density at radius 3 is 2.75 bits per heavy atom. The van der Waals surface area contributed by atoms with Gasteiger partial charge in [-0.15, -0.1) is 0 Å². The average Bonchev–Trinajstić information content (AvgIpc) is 2.33. The van der Waals surface area contributed by atoms with Gasteiger partial charge < -0.3 is 10.4 Å². The van der Waals surface area contributed by atoms with Crippen molar-refractivity contribution in [3.05, 3.63) is 30.1 Å². The van der Waals surface area contributed by atoms with E-state index in [0.717, 1.165) is 25.8 Å². The third kappa shape index (κ3) is 3.29.